The van der Waals surface area contributed by atoms with Crippen LogP contribution in [0, 0.1) is 0 Å². The summed E-state index contributed by atoms with van der Waals surface area (Å²) in [5.74, 6) is 0.776. The van der Waals surface area contributed by atoms with E-state index in [4.69, 9.17) is 11.6 Å². The number of H-pyrrole nitrogens is 1. The maximum absolute atomic E-state index is 11.5. The summed E-state index contributed by atoms with van der Waals surface area (Å²) in [6.07, 6.45) is 2.31. The Bertz CT molecular complexity index is 617. The van der Waals surface area contributed by atoms with Crippen LogP contribution in [0.3, 0.4) is 0 Å². The third-order valence-corrected chi connectivity index (χ3v) is 3.31. The standard InChI is InChI=1S/C12H12ClN3O/c13-8-3-4-9-10(7-8)14-12(17)15-11(9)16-5-1-2-6-16/h3-4,7H,1-2,5-6H2,(H,14,15,17). The second-order valence-electron chi connectivity index (χ2n) is 4.25. The lowest BCUT2D eigenvalue weighted by atomic mass is 10.2. The van der Waals surface area contributed by atoms with Crippen LogP contribution in [0.2, 0.25) is 5.02 Å². The minimum absolute atomic E-state index is 0.318. The van der Waals surface area contributed by atoms with E-state index in [0.717, 1.165) is 42.7 Å². The van der Waals surface area contributed by atoms with Gasteiger partial charge in [-0.3, -0.25) is 0 Å². The van der Waals surface area contributed by atoms with E-state index < -0.39 is 0 Å². The molecule has 1 aliphatic heterocycles. The SMILES string of the molecule is O=c1nc(N2CCCC2)c2ccc(Cl)cc2[nH]1. The summed E-state index contributed by atoms with van der Waals surface area (Å²) in [7, 11) is 0. The van der Waals surface area contributed by atoms with Crippen LogP contribution in [0.5, 0.6) is 0 Å². The van der Waals surface area contributed by atoms with E-state index in [1.807, 2.05) is 12.1 Å². The predicted octanol–water partition coefficient (Wildman–Crippen LogP) is 2.18. The van der Waals surface area contributed by atoms with Crippen LogP contribution in [0.1, 0.15) is 12.8 Å². The number of hydrogen-bond donors (Lipinski definition) is 1. The molecule has 88 valence electrons. The molecule has 0 atom stereocenters. The van der Waals surface area contributed by atoms with Gasteiger partial charge in [-0.15, -0.1) is 0 Å². The van der Waals surface area contributed by atoms with Gasteiger partial charge < -0.3 is 9.88 Å². The summed E-state index contributed by atoms with van der Waals surface area (Å²) in [5.41, 5.74) is 0.432. The molecule has 2 aromatic rings. The summed E-state index contributed by atoms with van der Waals surface area (Å²) in [6.45, 7) is 1.93. The third kappa shape index (κ3) is 1.89. The van der Waals surface area contributed by atoms with Gasteiger partial charge in [-0.1, -0.05) is 11.6 Å². The Labute approximate surface area is 103 Å². The summed E-state index contributed by atoms with van der Waals surface area (Å²) in [6, 6.07) is 5.50. The van der Waals surface area contributed by atoms with Crippen LogP contribution in [-0.2, 0) is 0 Å². The molecule has 2 heterocycles. The molecule has 0 spiro atoms. The molecule has 3 rings (SSSR count). The van der Waals surface area contributed by atoms with Gasteiger partial charge in [-0.25, -0.2) is 4.79 Å². The zero-order valence-electron chi connectivity index (χ0n) is 9.24. The van der Waals surface area contributed by atoms with Crippen molar-refractivity contribution in [2.75, 3.05) is 18.0 Å². The Morgan fingerprint density at radius 3 is 2.82 bits per heavy atom. The van der Waals surface area contributed by atoms with Gasteiger partial charge in [-0.05, 0) is 31.0 Å². The first-order valence-electron chi connectivity index (χ1n) is 5.68. The number of hydrogen-bond acceptors (Lipinski definition) is 3. The molecule has 4 nitrogen and oxygen atoms in total. The maximum atomic E-state index is 11.5. The van der Waals surface area contributed by atoms with Gasteiger partial charge in [-0.2, -0.15) is 4.98 Å². The second-order valence-corrected chi connectivity index (χ2v) is 4.69. The fourth-order valence-electron chi connectivity index (χ4n) is 2.28. The van der Waals surface area contributed by atoms with Crippen molar-refractivity contribution in [3.05, 3.63) is 33.7 Å². The van der Waals surface area contributed by atoms with Gasteiger partial charge in [0.15, 0.2) is 0 Å². The van der Waals surface area contributed by atoms with Gasteiger partial charge in [0.25, 0.3) is 0 Å². The highest BCUT2D eigenvalue weighted by Gasteiger charge is 2.17. The number of anilines is 1. The van der Waals surface area contributed by atoms with Crippen LogP contribution in [0.4, 0.5) is 5.82 Å². The molecule has 1 N–H and O–H groups in total. The van der Waals surface area contributed by atoms with E-state index in [2.05, 4.69) is 14.9 Å². The summed E-state index contributed by atoms with van der Waals surface area (Å²) in [5, 5.41) is 1.57. The maximum Gasteiger partial charge on any atom is 0.347 e. The fraction of sp³-hybridized carbons (Fsp3) is 0.333. The van der Waals surface area contributed by atoms with Crippen molar-refractivity contribution in [3.63, 3.8) is 0 Å². The van der Waals surface area contributed by atoms with Crippen molar-refractivity contribution >= 4 is 28.3 Å². The number of rotatable bonds is 1. The average Bonchev–Trinajstić information content (AvgIpc) is 2.80. The Hall–Kier alpha value is -1.55. The minimum Gasteiger partial charge on any atom is -0.356 e. The lowest BCUT2D eigenvalue weighted by molar-refractivity contribution is 0.927. The molecular formula is C12H12ClN3O. The Morgan fingerprint density at radius 2 is 2.06 bits per heavy atom. The quantitative estimate of drug-likeness (QED) is 0.843. The molecule has 1 aromatic carbocycles. The number of benzene rings is 1. The Morgan fingerprint density at radius 1 is 1.29 bits per heavy atom. The van der Waals surface area contributed by atoms with Crippen LogP contribution in [0.15, 0.2) is 23.0 Å². The molecule has 1 fully saturated rings. The van der Waals surface area contributed by atoms with Gasteiger partial charge >= 0.3 is 5.69 Å². The molecule has 0 unspecified atom stereocenters. The number of aromatic amines is 1. The van der Waals surface area contributed by atoms with Crippen LogP contribution in [0.25, 0.3) is 10.9 Å². The molecule has 0 amide bonds. The Kier molecular flexibility index (Phi) is 2.52. The molecule has 1 saturated heterocycles. The van der Waals surface area contributed by atoms with Gasteiger partial charge in [0.1, 0.15) is 5.82 Å². The number of nitrogens with one attached hydrogen (secondary N) is 1. The van der Waals surface area contributed by atoms with Crippen LogP contribution in [-0.4, -0.2) is 23.1 Å². The lowest BCUT2D eigenvalue weighted by Gasteiger charge is -2.17. The minimum atomic E-state index is -0.318. The number of fused-ring (bicyclic) bond motifs is 1. The zero-order valence-corrected chi connectivity index (χ0v) is 10.00. The molecule has 17 heavy (non-hydrogen) atoms. The highest BCUT2D eigenvalue weighted by molar-refractivity contribution is 6.31. The fourth-order valence-corrected chi connectivity index (χ4v) is 2.46. The topological polar surface area (TPSA) is 49.0 Å². The lowest BCUT2D eigenvalue weighted by Crippen LogP contribution is -2.23. The van der Waals surface area contributed by atoms with Gasteiger partial charge in [0.2, 0.25) is 0 Å². The van der Waals surface area contributed by atoms with E-state index in [1.54, 1.807) is 6.07 Å². The largest absolute Gasteiger partial charge is 0.356 e. The summed E-state index contributed by atoms with van der Waals surface area (Å²) < 4.78 is 0. The molecule has 0 aliphatic carbocycles. The molecule has 5 heteroatoms. The highest BCUT2D eigenvalue weighted by Crippen LogP contribution is 2.26. The smallest absolute Gasteiger partial charge is 0.347 e. The van der Waals surface area contributed by atoms with E-state index >= 15 is 0 Å². The first-order chi connectivity index (χ1) is 8.24. The van der Waals surface area contributed by atoms with Crippen molar-refractivity contribution in [1.29, 1.82) is 0 Å². The molecule has 0 saturated carbocycles. The number of aromatic nitrogens is 2. The number of halogens is 1. The zero-order chi connectivity index (χ0) is 11.8. The first-order valence-corrected chi connectivity index (χ1v) is 6.06. The van der Waals surface area contributed by atoms with Crippen molar-refractivity contribution in [2.45, 2.75) is 12.8 Å². The number of nitrogens with zero attached hydrogens (tertiary/aromatic N) is 2. The van der Waals surface area contributed by atoms with Crippen LogP contribution < -0.4 is 10.6 Å². The van der Waals surface area contributed by atoms with Crippen molar-refractivity contribution in [2.24, 2.45) is 0 Å². The van der Waals surface area contributed by atoms with Crippen molar-refractivity contribution in [1.82, 2.24) is 9.97 Å². The van der Waals surface area contributed by atoms with E-state index in [-0.39, 0.29) is 5.69 Å². The third-order valence-electron chi connectivity index (χ3n) is 3.08. The molecule has 0 bridgehead atoms. The van der Waals surface area contributed by atoms with E-state index in [9.17, 15) is 4.79 Å². The molecule has 0 radical (unpaired) electrons. The normalized spacial score (nSPS) is 15.7. The van der Waals surface area contributed by atoms with Crippen molar-refractivity contribution < 1.29 is 0 Å². The van der Waals surface area contributed by atoms with Gasteiger partial charge in [0, 0.05) is 23.5 Å². The first kappa shape index (κ1) is 10.6. The molecule has 1 aromatic heterocycles. The monoisotopic (exact) mass is 249 g/mol. The second kappa shape index (κ2) is 4.04. The predicted molar refractivity (Wildman–Crippen MR) is 68.8 cm³/mol. The van der Waals surface area contributed by atoms with E-state index in [1.165, 1.54) is 0 Å². The van der Waals surface area contributed by atoms with Gasteiger partial charge in [0.05, 0.1) is 5.52 Å². The van der Waals surface area contributed by atoms with Crippen LogP contribution >= 0.6 is 11.6 Å². The molecular weight excluding hydrogens is 238 g/mol. The summed E-state index contributed by atoms with van der Waals surface area (Å²) >= 11 is 5.93. The highest BCUT2D eigenvalue weighted by atomic mass is 35.5. The average molecular weight is 250 g/mol. The van der Waals surface area contributed by atoms with Crippen molar-refractivity contribution in [3.8, 4) is 0 Å². The van der Waals surface area contributed by atoms with E-state index in [0.29, 0.717) is 5.02 Å². The molecule has 1 aliphatic rings. The summed E-state index contributed by atoms with van der Waals surface area (Å²) in [4.78, 5) is 20.5. The Balaban J connectivity index is 2.25.